The third-order valence-electron chi connectivity index (χ3n) is 1.84. The molecule has 1 N–H and O–H groups in total. The quantitative estimate of drug-likeness (QED) is 0.364. The summed E-state index contributed by atoms with van der Waals surface area (Å²) in [6.07, 6.45) is 6.74. The van der Waals surface area contributed by atoms with Crippen molar-refractivity contribution in [2.45, 2.75) is 32.1 Å². The van der Waals surface area contributed by atoms with Gasteiger partial charge < -0.3 is 14.8 Å². The highest BCUT2D eigenvalue weighted by atomic mass is 16.7. The van der Waals surface area contributed by atoms with E-state index in [1.807, 2.05) is 6.92 Å². The van der Waals surface area contributed by atoms with E-state index in [-0.39, 0.29) is 12.3 Å². The number of unbranched alkanes of at least 4 members (excludes halogenated alkanes) is 1. The summed E-state index contributed by atoms with van der Waals surface area (Å²) >= 11 is 0. The van der Waals surface area contributed by atoms with Gasteiger partial charge in [-0.2, -0.15) is 0 Å². The normalized spacial score (nSPS) is 12.8. The predicted molar refractivity (Wildman–Crippen MR) is 53.3 cm³/mol. The van der Waals surface area contributed by atoms with Crippen LogP contribution in [-0.4, -0.2) is 33.1 Å². The van der Waals surface area contributed by atoms with E-state index in [0.29, 0.717) is 0 Å². The van der Waals surface area contributed by atoms with E-state index in [9.17, 15) is 0 Å². The van der Waals surface area contributed by atoms with Gasteiger partial charge in [0, 0.05) is 20.6 Å². The van der Waals surface area contributed by atoms with Gasteiger partial charge in [0.2, 0.25) is 0 Å². The van der Waals surface area contributed by atoms with E-state index in [4.69, 9.17) is 15.9 Å². The third-order valence-corrected chi connectivity index (χ3v) is 1.84. The van der Waals surface area contributed by atoms with Crippen LogP contribution in [0.25, 0.3) is 0 Å². The number of methoxy groups -OCH3 is 2. The second-order valence-corrected chi connectivity index (χ2v) is 2.89. The van der Waals surface area contributed by atoms with Crippen LogP contribution in [0.2, 0.25) is 0 Å². The second kappa shape index (κ2) is 8.06. The van der Waals surface area contributed by atoms with Gasteiger partial charge in [0.15, 0.2) is 6.29 Å². The molecule has 0 spiro atoms. The molecular formula is C10H19NO2. The van der Waals surface area contributed by atoms with Gasteiger partial charge in [-0.3, -0.25) is 0 Å². The standard InChI is InChI=1S/C10H19NO2/c1-5-6-7-8-11-9(2)10(12-3)13-4/h1,9-11H,6-8H2,2-4H3. The lowest BCUT2D eigenvalue weighted by molar-refractivity contribution is -0.119. The lowest BCUT2D eigenvalue weighted by Crippen LogP contribution is -2.40. The number of nitrogens with one attached hydrogen (secondary N) is 1. The molecular weight excluding hydrogens is 166 g/mol. The number of terminal acetylenes is 1. The van der Waals surface area contributed by atoms with Gasteiger partial charge in [-0.05, 0) is 19.9 Å². The van der Waals surface area contributed by atoms with Crippen LogP contribution >= 0.6 is 0 Å². The molecule has 0 saturated carbocycles. The van der Waals surface area contributed by atoms with Gasteiger partial charge in [-0.25, -0.2) is 0 Å². The van der Waals surface area contributed by atoms with Crippen LogP contribution in [0.15, 0.2) is 0 Å². The molecule has 0 heterocycles. The van der Waals surface area contributed by atoms with Crippen molar-refractivity contribution in [1.82, 2.24) is 5.32 Å². The first-order valence-electron chi connectivity index (χ1n) is 4.48. The first kappa shape index (κ1) is 12.4. The highest BCUT2D eigenvalue weighted by Crippen LogP contribution is 1.98. The van der Waals surface area contributed by atoms with Crippen LogP contribution in [0, 0.1) is 12.3 Å². The number of hydrogen-bond acceptors (Lipinski definition) is 3. The van der Waals surface area contributed by atoms with Crippen LogP contribution in [0.3, 0.4) is 0 Å². The fourth-order valence-corrected chi connectivity index (χ4v) is 1.12. The molecule has 0 aromatic carbocycles. The molecule has 0 aliphatic carbocycles. The summed E-state index contributed by atoms with van der Waals surface area (Å²) < 4.78 is 10.2. The van der Waals surface area contributed by atoms with Gasteiger partial charge in [0.1, 0.15) is 0 Å². The predicted octanol–water partition coefficient (Wildman–Crippen LogP) is 0.997. The molecule has 1 atom stereocenters. The fourth-order valence-electron chi connectivity index (χ4n) is 1.12. The minimum Gasteiger partial charge on any atom is -0.354 e. The fraction of sp³-hybridized carbons (Fsp3) is 0.800. The Balaban J connectivity index is 3.49. The van der Waals surface area contributed by atoms with Crippen LogP contribution in [0.4, 0.5) is 0 Å². The van der Waals surface area contributed by atoms with Crippen molar-refractivity contribution in [1.29, 1.82) is 0 Å². The topological polar surface area (TPSA) is 30.5 Å². The molecule has 0 aliphatic rings. The smallest absolute Gasteiger partial charge is 0.171 e. The monoisotopic (exact) mass is 185 g/mol. The molecule has 3 heteroatoms. The zero-order valence-electron chi connectivity index (χ0n) is 8.67. The zero-order chi connectivity index (χ0) is 10.1. The van der Waals surface area contributed by atoms with Crippen LogP contribution in [0.1, 0.15) is 19.8 Å². The molecule has 0 rings (SSSR count). The maximum atomic E-state index is 5.13. The van der Waals surface area contributed by atoms with E-state index in [2.05, 4.69) is 11.2 Å². The highest BCUT2D eigenvalue weighted by molar-refractivity contribution is 4.83. The largest absolute Gasteiger partial charge is 0.354 e. The number of ether oxygens (including phenoxy) is 2. The molecule has 0 radical (unpaired) electrons. The van der Waals surface area contributed by atoms with E-state index in [1.165, 1.54) is 0 Å². The van der Waals surface area contributed by atoms with Crippen molar-refractivity contribution in [3.05, 3.63) is 0 Å². The molecule has 0 aromatic heterocycles. The van der Waals surface area contributed by atoms with Crippen molar-refractivity contribution in [2.75, 3.05) is 20.8 Å². The minimum atomic E-state index is -0.189. The third kappa shape index (κ3) is 5.64. The first-order chi connectivity index (χ1) is 6.26. The summed E-state index contributed by atoms with van der Waals surface area (Å²) in [5.41, 5.74) is 0. The summed E-state index contributed by atoms with van der Waals surface area (Å²) in [6, 6.07) is 0.188. The molecule has 0 aliphatic heterocycles. The average Bonchev–Trinajstić information content (AvgIpc) is 2.14. The van der Waals surface area contributed by atoms with E-state index < -0.39 is 0 Å². The second-order valence-electron chi connectivity index (χ2n) is 2.89. The Hall–Kier alpha value is -0.560. The Bertz CT molecular complexity index is 149. The molecule has 0 aromatic rings. The van der Waals surface area contributed by atoms with Crippen LogP contribution in [0.5, 0.6) is 0 Å². The number of rotatable bonds is 7. The SMILES string of the molecule is C#CCCCNC(C)C(OC)OC. The molecule has 0 saturated heterocycles. The Kier molecular flexibility index (Phi) is 7.71. The maximum Gasteiger partial charge on any atom is 0.171 e. The van der Waals surface area contributed by atoms with Gasteiger partial charge in [0.05, 0.1) is 6.04 Å². The lowest BCUT2D eigenvalue weighted by atomic mass is 10.3. The maximum absolute atomic E-state index is 5.13. The van der Waals surface area contributed by atoms with E-state index in [1.54, 1.807) is 14.2 Å². The van der Waals surface area contributed by atoms with Gasteiger partial charge >= 0.3 is 0 Å². The minimum absolute atomic E-state index is 0.188. The van der Waals surface area contributed by atoms with Crippen molar-refractivity contribution in [3.63, 3.8) is 0 Å². The summed E-state index contributed by atoms with van der Waals surface area (Å²) in [5, 5.41) is 3.27. The average molecular weight is 185 g/mol. The molecule has 0 bridgehead atoms. The summed E-state index contributed by atoms with van der Waals surface area (Å²) in [7, 11) is 3.27. The van der Waals surface area contributed by atoms with E-state index in [0.717, 1.165) is 19.4 Å². The van der Waals surface area contributed by atoms with Gasteiger partial charge in [0.25, 0.3) is 0 Å². The highest BCUT2D eigenvalue weighted by Gasteiger charge is 2.13. The first-order valence-corrected chi connectivity index (χ1v) is 4.48. The summed E-state index contributed by atoms with van der Waals surface area (Å²) in [4.78, 5) is 0. The Labute approximate surface area is 80.8 Å². The van der Waals surface area contributed by atoms with E-state index >= 15 is 0 Å². The Morgan fingerprint density at radius 3 is 2.46 bits per heavy atom. The lowest BCUT2D eigenvalue weighted by Gasteiger charge is -2.21. The molecule has 0 fully saturated rings. The van der Waals surface area contributed by atoms with Crippen molar-refractivity contribution in [3.8, 4) is 12.3 Å². The summed E-state index contributed by atoms with van der Waals surface area (Å²) in [6.45, 7) is 2.92. The van der Waals surface area contributed by atoms with Crippen molar-refractivity contribution in [2.24, 2.45) is 0 Å². The Morgan fingerprint density at radius 2 is 2.00 bits per heavy atom. The summed E-state index contributed by atoms with van der Waals surface area (Å²) in [5.74, 6) is 2.60. The Morgan fingerprint density at radius 1 is 1.38 bits per heavy atom. The van der Waals surface area contributed by atoms with Crippen LogP contribution < -0.4 is 5.32 Å². The van der Waals surface area contributed by atoms with Gasteiger partial charge in [-0.15, -0.1) is 12.3 Å². The zero-order valence-corrected chi connectivity index (χ0v) is 8.67. The molecule has 13 heavy (non-hydrogen) atoms. The molecule has 1 unspecified atom stereocenters. The van der Waals surface area contributed by atoms with Crippen LogP contribution in [-0.2, 0) is 9.47 Å². The molecule has 76 valence electrons. The van der Waals surface area contributed by atoms with Gasteiger partial charge in [-0.1, -0.05) is 0 Å². The van der Waals surface area contributed by atoms with Crippen molar-refractivity contribution >= 4 is 0 Å². The number of hydrogen-bond donors (Lipinski definition) is 1. The molecule has 0 amide bonds. The molecule has 3 nitrogen and oxygen atoms in total. The van der Waals surface area contributed by atoms with Crippen molar-refractivity contribution < 1.29 is 9.47 Å².